The van der Waals surface area contributed by atoms with Gasteiger partial charge in [0.2, 0.25) is 10.0 Å². The third-order valence-electron chi connectivity index (χ3n) is 8.32. The lowest BCUT2D eigenvalue weighted by atomic mass is 10.1. The number of carbonyl (C=O) groups is 1. The van der Waals surface area contributed by atoms with Gasteiger partial charge in [-0.15, -0.1) is 20.2 Å². The second-order valence-corrected chi connectivity index (χ2v) is 14.0. The minimum Gasteiger partial charge on any atom is -0.493 e. The summed E-state index contributed by atoms with van der Waals surface area (Å²) in [5, 5.41) is 18.6. The van der Waals surface area contributed by atoms with Crippen LogP contribution in [0.2, 0.25) is 0 Å². The number of aromatic nitrogens is 3. The number of nitrogens with zero attached hydrogens (tertiary/aromatic N) is 6. The number of esters is 1. The quantitative estimate of drug-likeness (QED) is 0.0668. The molecule has 0 spiro atoms. The fourth-order valence-corrected chi connectivity index (χ4v) is 7.19. The minimum atomic E-state index is -3.95. The third-order valence-corrected chi connectivity index (χ3v) is 10.2. The van der Waals surface area contributed by atoms with Crippen molar-refractivity contribution in [2.75, 3.05) is 65.8 Å². The van der Waals surface area contributed by atoms with Gasteiger partial charge in [0.1, 0.15) is 30.3 Å². The third kappa shape index (κ3) is 11.1. The zero-order valence-electron chi connectivity index (χ0n) is 30.9. The molecule has 1 aliphatic rings. The van der Waals surface area contributed by atoms with E-state index in [1.54, 1.807) is 6.07 Å². The normalized spacial score (nSPS) is 14.5. The van der Waals surface area contributed by atoms with E-state index in [-0.39, 0.29) is 50.4 Å². The lowest BCUT2D eigenvalue weighted by molar-refractivity contribution is -0.790. The maximum absolute atomic E-state index is 13.9. The highest BCUT2D eigenvalue weighted by atomic mass is 32.2. The summed E-state index contributed by atoms with van der Waals surface area (Å²) in [4.78, 5) is 64.3. The van der Waals surface area contributed by atoms with Crippen LogP contribution in [0, 0.1) is 20.2 Å². The summed E-state index contributed by atoms with van der Waals surface area (Å²) in [6.07, 6.45) is 2.72. The smallest absolute Gasteiger partial charge is 0.493 e. The van der Waals surface area contributed by atoms with Gasteiger partial charge < -0.3 is 33.4 Å². The van der Waals surface area contributed by atoms with E-state index in [1.807, 2.05) is 36.4 Å². The van der Waals surface area contributed by atoms with Crippen LogP contribution >= 0.6 is 0 Å². The second kappa shape index (κ2) is 19.3. The summed E-state index contributed by atoms with van der Waals surface area (Å²) in [5.74, 6) is 0.0286. The summed E-state index contributed by atoms with van der Waals surface area (Å²) in [6, 6.07) is 4.57. The molecule has 2 aromatic heterocycles. The molecule has 1 atom stereocenters. The van der Waals surface area contributed by atoms with Crippen molar-refractivity contribution in [3.8, 4) is 17.1 Å². The maximum Gasteiger partial charge on any atom is 1.00 e. The molecule has 4 rings (SSSR count). The number of benzene rings is 1. The van der Waals surface area contributed by atoms with Gasteiger partial charge in [0, 0.05) is 45.5 Å². The molecule has 1 aliphatic heterocycles. The molecule has 0 aliphatic carbocycles. The molecule has 0 unspecified atom stereocenters. The number of rotatable bonds is 22. The molecule has 3 heterocycles. The van der Waals surface area contributed by atoms with Crippen molar-refractivity contribution < 1.29 is 48.7 Å². The van der Waals surface area contributed by atoms with Crippen molar-refractivity contribution in [2.45, 2.75) is 64.0 Å². The van der Waals surface area contributed by atoms with Crippen LogP contribution in [0.5, 0.6) is 5.75 Å². The SMILES string of the molecule is CCCOc1ccc(S(=O)(=O)N2CCN(CCOC(=O)CCOC[C@@H](CO[N+](=O)[O-])O[N+](=O)[O-])CC2)cc1-c1nc2c(CCC)cn(CC)c2c(=O)[nH]1.[H+]. The fraction of sp³-hybridized carbons (Fsp3) is 0.594. The maximum atomic E-state index is 13.9. The Morgan fingerprint density at radius 3 is 2.45 bits per heavy atom. The van der Waals surface area contributed by atoms with E-state index in [4.69, 9.17) is 19.2 Å². The number of aryl methyl sites for hydroxylation is 2. The highest BCUT2D eigenvalue weighted by Crippen LogP contribution is 2.33. The van der Waals surface area contributed by atoms with Crippen LogP contribution < -0.4 is 10.3 Å². The standard InChI is InChI=1S/C32H45N7O13S/c1-4-7-23-20-36(6-3)30-29(23)33-31(34-32(30)41)26-19-25(8-9-27(26)49-16-5-2)53(46,47)37-13-11-35(12-14-37)15-18-50-28(40)10-17-48-21-24(52-39(44)45)22-51-38(42)43/h8-9,19-20,24H,4-7,10-18,21-22H2,1-3H3,(H,33,34,41)/p+1/t24-/m0/s1. The van der Waals surface area contributed by atoms with Crippen LogP contribution in [0.15, 0.2) is 34.1 Å². The van der Waals surface area contributed by atoms with E-state index in [0.717, 1.165) is 24.8 Å². The van der Waals surface area contributed by atoms with E-state index >= 15 is 0 Å². The number of hydrogen-bond donors (Lipinski definition) is 1. The first-order valence-electron chi connectivity index (χ1n) is 17.3. The molecular formula is C32H46N7O13S+. The minimum absolute atomic E-state index is 0. The van der Waals surface area contributed by atoms with Crippen LogP contribution in [0.3, 0.4) is 0 Å². The summed E-state index contributed by atoms with van der Waals surface area (Å²) >= 11 is 0. The number of ether oxygens (including phenoxy) is 3. The molecule has 3 aromatic rings. The lowest BCUT2D eigenvalue weighted by Gasteiger charge is -2.33. The molecule has 0 amide bonds. The predicted molar refractivity (Wildman–Crippen MR) is 189 cm³/mol. The Labute approximate surface area is 306 Å². The number of fused-ring (bicyclic) bond motifs is 1. The van der Waals surface area contributed by atoms with Crippen molar-refractivity contribution in [1.82, 2.24) is 23.7 Å². The monoisotopic (exact) mass is 768 g/mol. The van der Waals surface area contributed by atoms with Crippen LogP contribution in [0.4, 0.5) is 0 Å². The summed E-state index contributed by atoms with van der Waals surface area (Å²) in [6.45, 7) is 7.14. The zero-order valence-corrected chi connectivity index (χ0v) is 30.7. The summed E-state index contributed by atoms with van der Waals surface area (Å²) < 4.78 is 47.3. The number of H-pyrrole nitrogens is 1. The molecule has 53 heavy (non-hydrogen) atoms. The number of carbonyl (C=O) groups excluding carboxylic acids is 1. The molecule has 1 N–H and O–H groups in total. The largest absolute Gasteiger partial charge is 1.00 e. The lowest BCUT2D eigenvalue weighted by Crippen LogP contribution is -2.49. The first-order valence-corrected chi connectivity index (χ1v) is 18.7. The van der Waals surface area contributed by atoms with Crippen LogP contribution in [0.1, 0.15) is 47.0 Å². The number of hydrogen-bond acceptors (Lipinski definition) is 15. The van der Waals surface area contributed by atoms with Crippen LogP contribution in [0.25, 0.3) is 22.4 Å². The summed E-state index contributed by atoms with van der Waals surface area (Å²) in [5.41, 5.74) is 2.03. The van der Waals surface area contributed by atoms with E-state index in [9.17, 15) is 38.2 Å². The summed E-state index contributed by atoms with van der Waals surface area (Å²) in [7, 11) is -3.95. The Balaban J connectivity index is 0.00000784. The Bertz CT molecular complexity index is 1900. The van der Waals surface area contributed by atoms with Crippen molar-refractivity contribution in [2.24, 2.45) is 0 Å². The molecule has 1 fully saturated rings. The Hall–Kier alpha value is -4.86. The van der Waals surface area contributed by atoms with E-state index in [0.29, 0.717) is 55.1 Å². The van der Waals surface area contributed by atoms with Gasteiger partial charge in [0.25, 0.3) is 15.7 Å². The number of aromatic amines is 1. The topological polar surface area (TPSA) is 241 Å². The van der Waals surface area contributed by atoms with Gasteiger partial charge in [-0.1, -0.05) is 20.3 Å². The molecule has 1 aromatic carbocycles. The van der Waals surface area contributed by atoms with Gasteiger partial charge in [-0.05, 0) is 43.5 Å². The highest BCUT2D eigenvalue weighted by Gasteiger charge is 2.30. The molecule has 0 saturated carbocycles. The van der Waals surface area contributed by atoms with Gasteiger partial charge in [0.05, 0.1) is 42.2 Å². The number of piperazine rings is 1. The van der Waals surface area contributed by atoms with E-state index in [2.05, 4.69) is 14.7 Å². The van der Waals surface area contributed by atoms with Gasteiger partial charge in [-0.25, -0.2) is 13.4 Å². The van der Waals surface area contributed by atoms with Gasteiger partial charge >= 0.3 is 7.40 Å². The molecule has 1 saturated heterocycles. The van der Waals surface area contributed by atoms with Crippen molar-refractivity contribution in [3.05, 3.63) is 60.5 Å². The average Bonchev–Trinajstić information content (AvgIpc) is 3.49. The van der Waals surface area contributed by atoms with Crippen molar-refractivity contribution >= 4 is 27.0 Å². The van der Waals surface area contributed by atoms with Gasteiger partial charge in [-0.2, -0.15) is 4.31 Å². The molecule has 0 radical (unpaired) electrons. The average molecular weight is 769 g/mol. The van der Waals surface area contributed by atoms with Gasteiger partial charge in [-0.3, -0.25) is 14.5 Å². The molecular weight excluding hydrogens is 722 g/mol. The van der Waals surface area contributed by atoms with Crippen molar-refractivity contribution in [3.63, 3.8) is 0 Å². The molecule has 292 valence electrons. The Kier molecular flexibility index (Phi) is 14.9. The van der Waals surface area contributed by atoms with Crippen molar-refractivity contribution in [1.29, 1.82) is 0 Å². The van der Waals surface area contributed by atoms with E-state index in [1.165, 1.54) is 16.4 Å². The fourth-order valence-electron chi connectivity index (χ4n) is 5.74. The highest BCUT2D eigenvalue weighted by molar-refractivity contribution is 7.89. The number of sulfonamides is 1. The Morgan fingerprint density at radius 1 is 1.04 bits per heavy atom. The van der Waals surface area contributed by atoms with Gasteiger partial charge in [0.15, 0.2) is 6.10 Å². The predicted octanol–water partition coefficient (Wildman–Crippen LogP) is 2.31. The number of nitrogens with one attached hydrogen (secondary N) is 1. The van der Waals surface area contributed by atoms with Crippen LogP contribution in [-0.4, -0.2) is 120 Å². The zero-order chi connectivity index (χ0) is 38.5. The molecule has 0 bridgehead atoms. The Morgan fingerprint density at radius 2 is 1.79 bits per heavy atom. The first kappa shape index (κ1) is 40.9. The molecule has 20 nitrogen and oxygen atoms in total. The van der Waals surface area contributed by atoms with Crippen LogP contribution in [-0.2, 0) is 46.9 Å². The second-order valence-electron chi connectivity index (χ2n) is 12.1. The molecule has 21 heteroatoms. The van der Waals surface area contributed by atoms with E-state index < -0.39 is 45.5 Å². The first-order chi connectivity index (χ1) is 25.4.